The second kappa shape index (κ2) is 8.21. The van der Waals surface area contributed by atoms with Crippen LogP contribution in [-0.2, 0) is 4.79 Å². The Bertz CT molecular complexity index is 987. The summed E-state index contributed by atoms with van der Waals surface area (Å²) >= 11 is 0. The van der Waals surface area contributed by atoms with Crippen molar-refractivity contribution in [3.05, 3.63) is 72.3 Å². The highest BCUT2D eigenvalue weighted by Gasteiger charge is 2.28. The first-order chi connectivity index (χ1) is 13.7. The molecule has 1 unspecified atom stereocenters. The van der Waals surface area contributed by atoms with E-state index in [1.165, 1.54) is 0 Å². The molecule has 1 aliphatic rings. The Kier molecular flexibility index (Phi) is 5.33. The summed E-state index contributed by atoms with van der Waals surface area (Å²) in [7, 11) is 0. The number of aromatic nitrogens is 1. The van der Waals surface area contributed by atoms with E-state index >= 15 is 0 Å². The molecule has 5 nitrogen and oxygen atoms in total. The molecule has 2 heterocycles. The topological polar surface area (TPSA) is 59.5 Å². The van der Waals surface area contributed by atoms with Crippen LogP contribution in [0.2, 0.25) is 0 Å². The molecule has 5 heteroatoms. The SMILES string of the molecule is O=C(CCC(=O)N1CCC(Oc2ccc3ccccc3n2)C1)c1ccccc1. The van der Waals surface area contributed by atoms with Crippen molar-refractivity contribution in [2.24, 2.45) is 0 Å². The lowest BCUT2D eigenvalue weighted by molar-refractivity contribution is -0.130. The predicted octanol–water partition coefficient (Wildman–Crippen LogP) is 3.88. The van der Waals surface area contributed by atoms with Gasteiger partial charge in [0.15, 0.2) is 5.78 Å². The van der Waals surface area contributed by atoms with Crippen LogP contribution in [0.1, 0.15) is 29.6 Å². The maximum Gasteiger partial charge on any atom is 0.223 e. The van der Waals surface area contributed by atoms with Gasteiger partial charge in [-0.15, -0.1) is 0 Å². The molecule has 1 fully saturated rings. The Morgan fingerprint density at radius 3 is 2.61 bits per heavy atom. The van der Waals surface area contributed by atoms with Crippen LogP contribution in [0.25, 0.3) is 10.9 Å². The second-order valence-electron chi connectivity index (χ2n) is 7.00. The van der Waals surface area contributed by atoms with Crippen molar-refractivity contribution >= 4 is 22.6 Å². The van der Waals surface area contributed by atoms with Crippen molar-refractivity contribution < 1.29 is 14.3 Å². The molecule has 1 saturated heterocycles. The second-order valence-corrected chi connectivity index (χ2v) is 7.00. The molecule has 3 aromatic rings. The first-order valence-corrected chi connectivity index (χ1v) is 9.57. The van der Waals surface area contributed by atoms with E-state index in [1.54, 1.807) is 17.0 Å². The quantitative estimate of drug-likeness (QED) is 0.615. The van der Waals surface area contributed by atoms with Crippen LogP contribution in [0.3, 0.4) is 0 Å². The maximum absolute atomic E-state index is 12.5. The van der Waals surface area contributed by atoms with E-state index in [2.05, 4.69) is 4.98 Å². The van der Waals surface area contributed by atoms with Gasteiger partial charge in [0.1, 0.15) is 6.10 Å². The van der Waals surface area contributed by atoms with Gasteiger partial charge in [0.25, 0.3) is 0 Å². The lowest BCUT2D eigenvalue weighted by Crippen LogP contribution is -2.31. The number of Topliss-reactive ketones (excluding diaryl/α,β-unsaturated/α-hetero) is 1. The minimum atomic E-state index is -0.0672. The highest BCUT2D eigenvalue weighted by Crippen LogP contribution is 2.21. The number of ether oxygens (including phenoxy) is 1. The van der Waals surface area contributed by atoms with E-state index in [1.807, 2.05) is 54.6 Å². The number of carbonyl (C=O) groups excluding carboxylic acids is 2. The van der Waals surface area contributed by atoms with E-state index in [0.717, 1.165) is 17.3 Å². The molecule has 28 heavy (non-hydrogen) atoms. The van der Waals surface area contributed by atoms with Crippen LogP contribution in [0.4, 0.5) is 0 Å². The number of carbonyl (C=O) groups is 2. The zero-order valence-corrected chi connectivity index (χ0v) is 15.6. The van der Waals surface area contributed by atoms with Crippen molar-refractivity contribution in [1.29, 1.82) is 0 Å². The van der Waals surface area contributed by atoms with E-state index in [-0.39, 0.29) is 30.6 Å². The molecule has 0 spiro atoms. The van der Waals surface area contributed by atoms with Crippen molar-refractivity contribution in [1.82, 2.24) is 9.88 Å². The zero-order chi connectivity index (χ0) is 19.3. The lowest BCUT2D eigenvalue weighted by Gasteiger charge is -2.17. The van der Waals surface area contributed by atoms with Crippen LogP contribution in [-0.4, -0.2) is 40.8 Å². The van der Waals surface area contributed by atoms with Gasteiger partial charge >= 0.3 is 0 Å². The first kappa shape index (κ1) is 18.2. The summed E-state index contributed by atoms with van der Waals surface area (Å²) in [5, 5.41) is 1.07. The van der Waals surface area contributed by atoms with Gasteiger partial charge < -0.3 is 9.64 Å². The Labute approximate surface area is 163 Å². The fourth-order valence-electron chi connectivity index (χ4n) is 3.48. The molecular weight excluding hydrogens is 352 g/mol. The Hall–Kier alpha value is -3.21. The minimum Gasteiger partial charge on any atom is -0.472 e. The molecule has 2 aromatic carbocycles. The van der Waals surface area contributed by atoms with E-state index in [9.17, 15) is 9.59 Å². The van der Waals surface area contributed by atoms with Gasteiger partial charge in [-0.3, -0.25) is 9.59 Å². The normalized spacial score (nSPS) is 16.3. The molecule has 1 atom stereocenters. The fourth-order valence-corrected chi connectivity index (χ4v) is 3.48. The summed E-state index contributed by atoms with van der Waals surface area (Å²) < 4.78 is 5.99. The smallest absolute Gasteiger partial charge is 0.223 e. The maximum atomic E-state index is 12.5. The number of nitrogens with zero attached hydrogens (tertiary/aromatic N) is 2. The number of para-hydroxylation sites is 1. The van der Waals surface area contributed by atoms with Gasteiger partial charge in [0.05, 0.1) is 12.1 Å². The summed E-state index contributed by atoms with van der Waals surface area (Å²) in [5.74, 6) is 0.584. The monoisotopic (exact) mass is 374 g/mol. The molecule has 0 bridgehead atoms. The third-order valence-corrected chi connectivity index (χ3v) is 5.02. The Balaban J connectivity index is 1.29. The van der Waals surface area contributed by atoms with Gasteiger partial charge in [0, 0.05) is 42.8 Å². The summed E-state index contributed by atoms with van der Waals surface area (Å²) in [5.41, 5.74) is 1.55. The average Bonchev–Trinajstić information content (AvgIpc) is 3.21. The van der Waals surface area contributed by atoms with Gasteiger partial charge in [0.2, 0.25) is 11.8 Å². The number of fused-ring (bicyclic) bond motifs is 1. The molecule has 0 radical (unpaired) electrons. The van der Waals surface area contributed by atoms with Crippen molar-refractivity contribution in [3.63, 3.8) is 0 Å². The van der Waals surface area contributed by atoms with Crippen LogP contribution >= 0.6 is 0 Å². The largest absolute Gasteiger partial charge is 0.472 e. The predicted molar refractivity (Wildman–Crippen MR) is 107 cm³/mol. The van der Waals surface area contributed by atoms with Crippen molar-refractivity contribution in [2.45, 2.75) is 25.4 Å². The lowest BCUT2D eigenvalue weighted by atomic mass is 10.1. The van der Waals surface area contributed by atoms with E-state index in [4.69, 9.17) is 4.74 Å². The number of amides is 1. The Morgan fingerprint density at radius 2 is 1.75 bits per heavy atom. The number of benzene rings is 2. The van der Waals surface area contributed by atoms with Gasteiger partial charge in [-0.05, 0) is 12.1 Å². The summed E-state index contributed by atoms with van der Waals surface area (Å²) in [6.45, 7) is 1.18. The van der Waals surface area contributed by atoms with Crippen LogP contribution in [0, 0.1) is 0 Å². The average molecular weight is 374 g/mol. The molecule has 142 valence electrons. The summed E-state index contributed by atoms with van der Waals surface area (Å²) in [4.78, 5) is 30.9. The number of hydrogen-bond donors (Lipinski definition) is 0. The first-order valence-electron chi connectivity index (χ1n) is 9.57. The van der Waals surface area contributed by atoms with Gasteiger partial charge in [-0.2, -0.15) is 0 Å². The fraction of sp³-hybridized carbons (Fsp3) is 0.261. The third kappa shape index (κ3) is 4.19. The van der Waals surface area contributed by atoms with Crippen molar-refractivity contribution in [3.8, 4) is 5.88 Å². The number of likely N-dealkylation sites (tertiary alicyclic amines) is 1. The molecule has 1 aliphatic heterocycles. The zero-order valence-electron chi connectivity index (χ0n) is 15.6. The van der Waals surface area contributed by atoms with Crippen molar-refractivity contribution in [2.75, 3.05) is 13.1 Å². The molecule has 0 saturated carbocycles. The number of ketones is 1. The number of rotatable bonds is 6. The highest BCUT2D eigenvalue weighted by molar-refractivity contribution is 5.97. The number of pyridine rings is 1. The Morgan fingerprint density at radius 1 is 0.964 bits per heavy atom. The van der Waals surface area contributed by atoms with E-state index < -0.39 is 0 Å². The number of hydrogen-bond acceptors (Lipinski definition) is 4. The molecule has 0 N–H and O–H groups in total. The summed E-state index contributed by atoms with van der Waals surface area (Å²) in [6, 6.07) is 20.9. The summed E-state index contributed by atoms with van der Waals surface area (Å²) in [6.07, 6.45) is 1.17. The van der Waals surface area contributed by atoms with Gasteiger partial charge in [-0.1, -0.05) is 48.5 Å². The van der Waals surface area contributed by atoms with Crippen LogP contribution in [0.15, 0.2) is 66.7 Å². The standard InChI is InChI=1S/C23H22N2O3/c26-21(18-7-2-1-3-8-18)11-13-23(27)25-15-14-19(16-25)28-22-12-10-17-6-4-5-9-20(17)24-22/h1-10,12,19H,11,13-16H2. The molecule has 1 amide bonds. The van der Waals surface area contributed by atoms with Gasteiger partial charge in [-0.25, -0.2) is 4.98 Å². The van der Waals surface area contributed by atoms with Crippen LogP contribution in [0.5, 0.6) is 5.88 Å². The highest BCUT2D eigenvalue weighted by atomic mass is 16.5. The molecule has 0 aliphatic carbocycles. The third-order valence-electron chi connectivity index (χ3n) is 5.02. The van der Waals surface area contributed by atoms with Crippen LogP contribution < -0.4 is 4.74 Å². The molecule has 4 rings (SSSR count). The molecule has 1 aromatic heterocycles. The minimum absolute atomic E-state index is 0.00121. The molecular formula is C23H22N2O3. The van der Waals surface area contributed by atoms with E-state index in [0.29, 0.717) is 24.5 Å².